The standard InChI is InChI=1S/C10H15NOS2/c12-5-4-8-7-11-10(14-8)9-3-1-2-6-13-9/h7,9,12H,1-6H2. The Morgan fingerprint density at radius 3 is 3.14 bits per heavy atom. The molecule has 2 heterocycles. The lowest BCUT2D eigenvalue weighted by Gasteiger charge is -2.18. The molecule has 78 valence electrons. The van der Waals surface area contributed by atoms with Gasteiger partial charge in [-0.05, 0) is 18.6 Å². The number of aromatic nitrogens is 1. The summed E-state index contributed by atoms with van der Waals surface area (Å²) in [4.78, 5) is 5.66. The van der Waals surface area contributed by atoms with Gasteiger partial charge < -0.3 is 5.11 Å². The number of thioether (sulfide) groups is 1. The molecule has 1 aliphatic heterocycles. The predicted molar refractivity (Wildman–Crippen MR) is 62.0 cm³/mol. The summed E-state index contributed by atoms with van der Waals surface area (Å²) in [5.41, 5.74) is 0. The van der Waals surface area contributed by atoms with E-state index >= 15 is 0 Å². The maximum atomic E-state index is 8.81. The highest BCUT2D eigenvalue weighted by molar-refractivity contribution is 7.99. The summed E-state index contributed by atoms with van der Waals surface area (Å²) in [5, 5.41) is 10.7. The monoisotopic (exact) mass is 229 g/mol. The second-order valence-electron chi connectivity index (χ2n) is 3.49. The third-order valence-corrected chi connectivity index (χ3v) is 5.09. The van der Waals surface area contributed by atoms with Crippen LogP contribution in [0.5, 0.6) is 0 Å². The van der Waals surface area contributed by atoms with Gasteiger partial charge in [0.1, 0.15) is 5.01 Å². The van der Waals surface area contributed by atoms with Crippen LogP contribution in [-0.2, 0) is 6.42 Å². The number of hydrogen-bond donors (Lipinski definition) is 1. The molecule has 2 nitrogen and oxygen atoms in total. The molecule has 0 aliphatic carbocycles. The van der Waals surface area contributed by atoms with E-state index in [9.17, 15) is 0 Å². The normalized spacial score (nSPS) is 22.5. The molecule has 4 heteroatoms. The van der Waals surface area contributed by atoms with E-state index in [2.05, 4.69) is 4.98 Å². The summed E-state index contributed by atoms with van der Waals surface area (Å²) in [5.74, 6) is 1.28. The average molecular weight is 229 g/mol. The molecular weight excluding hydrogens is 214 g/mol. The largest absolute Gasteiger partial charge is 0.396 e. The van der Waals surface area contributed by atoms with Crippen molar-refractivity contribution in [3.05, 3.63) is 16.1 Å². The summed E-state index contributed by atoms with van der Waals surface area (Å²) in [6.45, 7) is 0.236. The third-order valence-electron chi connectivity index (χ3n) is 2.38. The smallest absolute Gasteiger partial charge is 0.106 e. The van der Waals surface area contributed by atoms with Gasteiger partial charge >= 0.3 is 0 Å². The van der Waals surface area contributed by atoms with Crippen molar-refractivity contribution < 1.29 is 5.11 Å². The molecule has 1 aromatic rings. The Bertz CT molecular complexity index is 281. The van der Waals surface area contributed by atoms with Gasteiger partial charge in [0.2, 0.25) is 0 Å². The lowest BCUT2D eigenvalue weighted by atomic mass is 10.2. The maximum Gasteiger partial charge on any atom is 0.106 e. The second kappa shape index (κ2) is 5.14. The minimum Gasteiger partial charge on any atom is -0.396 e. The Balaban J connectivity index is 2.00. The summed E-state index contributed by atoms with van der Waals surface area (Å²) in [6, 6.07) is 0. The van der Waals surface area contributed by atoms with Crippen LogP contribution in [0.25, 0.3) is 0 Å². The van der Waals surface area contributed by atoms with Gasteiger partial charge in [-0.1, -0.05) is 6.42 Å². The molecule has 0 saturated carbocycles. The van der Waals surface area contributed by atoms with Crippen LogP contribution in [0.1, 0.15) is 34.4 Å². The molecule has 1 aromatic heterocycles. The maximum absolute atomic E-state index is 8.81. The van der Waals surface area contributed by atoms with Crippen LogP contribution in [0.4, 0.5) is 0 Å². The van der Waals surface area contributed by atoms with E-state index in [0.29, 0.717) is 5.25 Å². The SMILES string of the molecule is OCCc1cnc(C2CCCCS2)s1. The second-order valence-corrected chi connectivity index (χ2v) is 5.95. The molecule has 1 atom stereocenters. The summed E-state index contributed by atoms with van der Waals surface area (Å²) in [7, 11) is 0. The van der Waals surface area contributed by atoms with Crippen LogP contribution < -0.4 is 0 Å². The molecule has 0 bridgehead atoms. The Kier molecular flexibility index (Phi) is 3.84. The first kappa shape index (κ1) is 10.5. The van der Waals surface area contributed by atoms with Crippen molar-refractivity contribution in [2.75, 3.05) is 12.4 Å². The third kappa shape index (κ3) is 2.49. The predicted octanol–water partition coefficient (Wildman–Crippen LogP) is 2.64. The van der Waals surface area contributed by atoms with E-state index in [4.69, 9.17) is 5.11 Å². The van der Waals surface area contributed by atoms with Gasteiger partial charge in [0.15, 0.2) is 0 Å². The fourth-order valence-corrected chi connectivity index (χ4v) is 4.10. The van der Waals surface area contributed by atoms with Gasteiger partial charge in [0, 0.05) is 24.1 Å². The van der Waals surface area contributed by atoms with Crippen LogP contribution in [0.3, 0.4) is 0 Å². The minimum atomic E-state index is 0.236. The molecule has 0 aromatic carbocycles. The van der Waals surface area contributed by atoms with Crippen molar-refractivity contribution >= 4 is 23.1 Å². The van der Waals surface area contributed by atoms with Crippen molar-refractivity contribution in [1.29, 1.82) is 0 Å². The molecule has 2 rings (SSSR count). The van der Waals surface area contributed by atoms with Gasteiger partial charge in [0.05, 0.1) is 5.25 Å². The number of nitrogens with zero attached hydrogens (tertiary/aromatic N) is 1. The Hall–Kier alpha value is -0.0600. The number of thiazole rings is 1. The molecule has 1 aliphatic rings. The van der Waals surface area contributed by atoms with E-state index in [-0.39, 0.29) is 6.61 Å². The zero-order chi connectivity index (χ0) is 9.80. The molecule has 0 amide bonds. The zero-order valence-electron chi connectivity index (χ0n) is 8.11. The number of aliphatic hydroxyl groups is 1. The van der Waals surface area contributed by atoms with E-state index < -0.39 is 0 Å². The van der Waals surface area contributed by atoms with Crippen LogP contribution >= 0.6 is 23.1 Å². The Labute approximate surface area is 92.8 Å². The van der Waals surface area contributed by atoms with Crippen molar-refractivity contribution in [3.63, 3.8) is 0 Å². The van der Waals surface area contributed by atoms with Gasteiger partial charge in [-0.2, -0.15) is 11.8 Å². The molecule has 1 N–H and O–H groups in total. The van der Waals surface area contributed by atoms with E-state index in [0.717, 1.165) is 6.42 Å². The van der Waals surface area contributed by atoms with Gasteiger partial charge in [0.25, 0.3) is 0 Å². The van der Waals surface area contributed by atoms with E-state index in [1.165, 1.54) is 34.9 Å². The van der Waals surface area contributed by atoms with Crippen LogP contribution in [-0.4, -0.2) is 22.5 Å². The molecular formula is C10H15NOS2. The molecule has 1 unspecified atom stereocenters. The topological polar surface area (TPSA) is 33.1 Å². The Morgan fingerprint density at radius 2 is 2.43 bits per heavy atom. The highest BCUT2D eigenvalue weighted by atomic mass is 32.2. The van der Waals surface area contributed by atoms with Gasteiger partial charge in [-0.3, -0.25) is 0 Å². The summed E-state index contributed by atoms with van der Waals surface area (Å²) in [6.07, 6.45) is 6.65. The number of hydrogen-bond acceptors (Lipinski definition) is 4. The molecule has 14 heavy (non-hydrogen) atoms. The first-order valence-corrected chi connectivity index (χ1v) is 6.94. The first-order chi connectivity index (χ1) is 6.90. The van der Waals surface area contributed by atoms with Crippen LogP contribution in [0.2, 0.25) is 0 Å². The van der Waals surface area contributed by atoms with E-state index in [1.807, 2.05) is 18.0 Å². The fraction of sp³-hybridized carbons (Fsp3) is 0.700. The summed E-state index contributed by atoms with van der Waals surface area (Å²) < 4.78 is 0. The van der Waals surface area contributed by atoms with Gasteiger partial charge in [-0.15, -0.1) is 11.3 Å². The van der Waals surface area contributed by atoms with Crippen molar-refractivity contribution in [2.45, 2.75) is 30.9 Å². The fourth-order valence-electron chi connectivity index (χ4n) is 1.63. The Morgan fingerprint density at radius 1 is 1.50 bits per heavy atom. The van der Waals surface area contributed by atoms with Crippen LogP contribution in [0.15, 0.2) is 6.20 Å². The lowest BCUT2D eigenvalue weighted by Crippen LogP contribution is -2.01. The highest BCUT2D eigenvalue weighted by Gasteiger charge is 2.18. The summed E-state index contributed by atoms with van der Waals surface area (Å²) >= 11 is 3.81. The quantitative estimate of drug-likeness (QED) is 0.865. The minimum absolute atomic E-state index is 0.236. The van der Waals surface area contributed by atoms with Crippen LogP contribution in [0, 0.1) is 0 Å². The lowest BCUT2D eigenvalue weighted by molar-refractivity contribution is 0.300. The molecule has 0 spiro atoms. The van der Waals surface area contributed by atoms with E-state index in [1.54, 1.807) is 11.3 Å². The van der Waals surface area contributed by atoms with Crippen molar-refractivity contribution in [1.82, 2.24) is 4.98 Å². The number of rotatable bonds is 3. The molecule has 1 fully saturated rings. The van der Waals surface area contributed by atoms with Crippen molar-refractivity contribution in [3.8, 4) is 0 Å². The molecule has 1 saturated heterocycles. The molecule has 0 radical (unpaired) electrons. The van der Waals surface area contributed by atoms with Crippen molar-refractivity contribution in [2.24, 2.45) is 0 Å². The first-order valence-electron chi connectivity index (χ1n) is 5.07. The highest BCUT2D eigenvalue weighted by Crippen LogP contribution is 2.39. The number of aliphatic hydroxyl groups excluding tert-OH is 1. The van der Waals surface area contributed by atoms with Gasteiger partial charge in [-0.25, -0.2) is 4.98 Å². The average Bonchev–Trinajstić information content (AvgIpc) is 2.68. The zero-order valence-corrected chi connectivity index (χ0v) is 9.74.